The standard InChI is InChI=1S/C20H34/c1-14(17-9-10-17)7-8-16(3)19-12-11-18-15(2)6-5-13-20(18,19)4/h7-8,14-19H,5-6,9-13H2,1-4H3/b8-7+/t14-,15+,16-,18+,19+,20+/m1/s1. The van der Waals surface area contributed by atoms with Crippen LogP contribution in [0.1, 0.15) is 72.6 Å². The molecule has 3 saturated carbocycles. The molecule has 0 bridgehead atoms. The van der Waals surface area contributed by atoms with Gasteiger partial charge in [-0.1, -0.05) is 52.7 Å². The van der Waals surface area contributed by atoms with E-state index < -0.39 is 0 Å². The Labute approximate surface area is 126 Å². The summed E-state index contributed by atoms with van der Waals surface area (Å²) in [6.07, 6.45) is 15.5. The molecule has 6 atom stereocenters. The van der Waals surface area contributed by atoms with E-state index in [1.165, 1.54) is 44.9 Å². The van der Waals surface area contributed by atoms with Crippen LogP contribution in [-0.2, 0) is 0 Å². The van der Waals surface area contributed by atoms with Gasteiger partial charge < -0.3 is 0 Å². The fourth-order valence-electron chi connectivity index (χ4n) is 5.73. The molecule has 0 saturated heterocycles. The predicted octanol–water partition coefficient (Wildman–Crippen LogP) is 6.08. The minimum absolute atomic E-state index is 0.643. The molecule has 3 aliphatic carbocycles. The normalized spacial score (nSPS) is 44.5. The third-order valence-electron chi connectivity index (χ3n) is 7.26. The first-order chi connectivity index (χ1) is 9.52. The van der Waals surface area contributed by atoms with Crippen LogP contribution in [0.5, 0.6) is 0 Å². The molecule has 0 aromatic heterocycles. The summed E-state index contributed by atoms with van der Waals surface area (Å²) >= 11 is 0. The van der Waals surface area contributed by atoms with Crippen LogP contribution in [0.4, 0.5) is 0 Å². The van der Waals surface area contributed by atoms with Gasteiger partial charge in [0.05, 0.1) is 0 Å². The summed E-state index contributed by atoms with van der Waals surface area (Å²) in [6, 6.07) is 0. The number of rotatable bonds is 4. The van der Waals surface area contributed by atoms with E-state index in [2.05, 4.69) is 39.8 Å². The SMILES string of the molecule is C[C@H](/C=C/[C@@H](C)[C@@H]1CC[C@H]2[C@@H](C)CCC[C@]12C)C1CC1. The second-order valence-electron chi connectivity index (χ2n) is 8.61. The summed E-state index contributed by atoms with van der Waals surface area (Å²) in [6.45, 7) is 10.1. The Kier molecular flexibility index (Phi) is 4.04. The van der Waals surface area contributed by atoms with E-state index >= 15 is 0 Å². The monoisotopic (exact) mass is 274 g/mol. The van der Waals surface area contributed by atoms with Gasteiger partial charge in [0.2, 0.25) is 0 Å². The Morgan fingerprint density at radius 3 is 2.35 bits per heavy atom. The summed E-state index contributed by atoms with van der Waals surface area (Å²) < 4.78 is 0. The van der Waals surface area contributed by atoms with Gasteiger partial charge in [-0.25, -0.2) is 0 Å². The second-order valence-corrected chi connectivity index (χ2v) is 8.61. The van der Waals surface area contributed by atoms with E-state index in [9.17, 15) is 0 Å². The Morgan fingerprint density at radius 2 is 1.65 bits per heavy atom. The highest BCUT2D eigenvalue weighted by Crippen LogP contribution is 2.59. The summed E-state index contributed by atoms with van der Waals surface area (Å²) in [7, 11) is 0. The molecule has 114 valence electrons. The van der Waals surface area contributed by atoms with Crippen LogP contribution in [0.25, 0.3) is 0 Å². The summed E-state index contributed by atoms with van der Waals surface area (Å²) in [5.41, 5.74) is 0.643. The van der Waals surface area contributed by atoms with Crippen molar-refractivity contribution in [2.45, 2.75) is 72.6 Å². The van der Waals surface area contributed by atoms with Crippen molar-refractivity contribution in [2.75, 3.05) is 0 Å². The first-order valence-electron chi connectivity index (χ1n) is 9.20. The molecule has 0 aromatic rings. The van der Waals surface area contributed by atoms with Crippen LogP contribution < -0.4 is 0 Å². The van der Waals surface area contributed by atoms with Gasteiger partial charge in [0.15, 0.2) is 0 Å². The summed E-state index contributed by atoms with van der Waals surface area (Å²) in [5, 5.41) is 0. The largest absolute Gasteiger partial charge is 0.0851 e. The van der Waals surface area contributed by atoms with Crippen LogP contribution in [0.2, 0.25) is 0 Å². The van der Waals surface area contributed by atoms with Crippen molar-refractivity contribution >= 4 is 0 Å². The van der Waals surface area contributed by atoms with Crippen molar-refractivity contribution in [1.82, 2.24) is 0 Å². The fourth-order valence-corrected chi connectivity index (χ4v) is 5.73. The lowest BCUT2D eigenvalue weighted by molar-refractivity contribution is 0.0452. The molecule has 0 aliphatic heterocycles. The van der Waals surface area contributed by atoms with Crippen molar-refractivity contribution in [1.29, 1.82) is 0 Å². The molecule has 0 aromatic carbocycles. The number of allylic oxidation sites excluding steroid dienone is 2. The molecule has 0 spiro atoms. The van der Waals surface area contributed by atoms with Gasteiger partial charge in [0.1, 0.15) is 0 Å². The molecule has 3 rings (SSSR count). The highest BCUT2D eigenvalue weighted by molar-refractivity contribution is 5.05. The van der Waals surface area contributed by atoms with Crippen molar-refractivity contribution in [3.63, 3.8) is 0 Å². The molecule has 0 amide bonds. The van der Waals surface area contributed by atoms with Gasteiger partial charge in [0, 0.05) is 0 Å². The van der Waals surface area contributed by atoms with Crippen molar-refractivity contribution in [3.05, 3.63) is 12.2 Å². The first-order valence-corrected chi connectivity index (χ1v) is 9.20. The maximum Gasteiger partial charge on any atom is -0.0228 e. The number of hydrogen-bond acceptors (Lipinski definition) is 0. The lowest BCUT2D eigenvalue weighted by Crippen LogP contribution is -2.37. The quantitative estimate of drug-likeness (QED) is 0.545. The smallest absolute Gasteiger partial charge is 0.0228 e. The van der Waals surface area contributed by atoms with Gasteiger partial charge in [-0.3, -0.25) is 0 Å². The molecule has 0 heteroatoms. The summed E-state index contributed by atoms with van der Waals surface area (Å²) in [4.78, 5) is 0. The molecule has 0 heterocycles. The third-order valence-corrected chi connectivity index (χ3v) is 7.26. The fraction of sp³-hybridized carbons (Fsp3) is 0.900. The molecule has 3 fully saturated rings. The molecule has 0 nitrogen and oxygen atoms in total. The molecule has 3 aliphatic rings. The minimum Gasteiger partial charge on any atom is -0.0851 e. The van der Waals surface area contributed by atoms with E-state index in [1.54, 1.807) is 0 Å². The maximum absolute atomic E-state index is 2.62. The maximum atomic E-state index is 2.62. The van der Waals surface area contributed by atoms with E-state index in [4.69, 9.17) is 0 Å². The van der Waals surface area contributed by atoms with Gasteiger partial charge in [-0.15, -0.1) is 0 Å². The van der Waals surface area contributed by atoms with Crippen molar-refractivity contribution in [3.8, 4) is 0 Å². The average molecular weight is 274 g/mol. The van der Waals surface area contributed by atoms with Gasteiger partial charge >= 0.3 is 0 Å². The molecule has 0 radical (unpaired) electrons. The van der Waals surface area contributed by atoms with Crippen LogP contribution in [-0.4, -0.2) is 0 Å². The van der Waals surface area contributed by atoms with Gasteiger partial charge in [-0.05, 0) is 73.0 Å². The topological polar surface area (TPSA) is 0 Å². The summed E-state index contributed by atoms with van der Waals surface area (Å²) in [5.74, 6) is 5.56. The zero-order valence-corrected chi connectivity index (χ0v) is 14.1. The lowest BCUT2D eigenvalue weighted by Gasteiger charge is -2.45. The highest BCUT2D eigenvalue weighted by atomic mass is 14.6. The minimum atomic E-state index is 0.643. The van der Waals surface area contributed by atoms with Crippen LogP contribution in [0.3, 0.4) is 0 Å². The van der Waals surface area contributed by atoms with Crippen molar-refractivity contribution < 1.29 is 0 Å². The molecule has 0 N–H and O–H groups in total. The molecular formula is C20H34. The first kappa shape index (κ1) is 14.7. The van der Waals surface area contributed by atoms with Gasteiger partial charge in [0.25, 0.3) is 0 Å². The third kappa shape index (κ3) is 2.60. The Balaban J connectivity index is 1.66. The molecule has 20 heavy (non-hydrogen) atoms. The predicted molar refractivity (Wildman–Crippen MR) is 87.5 cm³/mol. The van der Waals surface area contributed by atoms with E-state index in [0.717, 1.165) is 35.5 Å². The number of hydrogen-bond donors (Lipinski definition) is 0. The number of fused-ring (bicyclic) bond motifs is 1. The Morgan fingerprint density at radius 1 is 0.950 bits per heavy atom. The Hall–Kier alpha value is -0.260. The zero-order chi connectivity index (χ0) is 14.3. The lowest BCUT2D eigenvalue weighted by atomic mass is 9.60. The van der Waals surface area contributed by atoms with E-state index in [-0.39, 0.29) is 0 Å². The van der Waals surface area contributed by atoms with Crippen LogP contribution in [0, 0.1) is 40.9 Å². The Bertz CT molecular complexity index is 364. The zero-order valence-electron chi connectivity index (χ0n) is 14.1. The van der Waals surface area contributed by atoms with Crippen LogP contribution in [0.15, 0.2) is 12.2 Å². The molecular weight excluding hydrogens is 240 g/mol. The van der Waals surface area contributed by atoms with Crippen molar-refractivity contribution in [2.24, 2.45) is 40.9 Å². The van der Waals surface area contributed by atoms with E-state index in [1.807, 2.05) is 0 Å². The average Bonchev–Trinajstić information content (AvgIpc) is 3.18. The van der Waals surface area contributed by atoms with E-state index in [0.29, 0.717) is 5.41 Å². The van der Waals surface area contributed by atoms with Crippen LogP contribution >= 0.6 is 0 Å². The second kappa shape index (κ2) is 5.50. The highest BCUT2D eigenvalue weighted by Gasteiger charge is 2.50. The van der Waals surface area contributed by atoms with Gasteiger partial charge in [-0.2, -0.15) is 0 Å². The molecule has 0 unspecified atom stereocenters.